The van der Waals surface area contributed by atoms with E-state index in [1.165, 1.54) is 12.8 Å². The van der Waals surface area contributed by atoms with Gasteiger partial charge in [-0.1, -0.05) is 25.4 Å². The van der Waals surface area contributed by atoms with Crippen molar-refractivity contribution in [1.82, 2.24) is 5.32 Å². The number of hydrogen-bond acceptors (Lipinski definition) is 2. The van der Waals surface area contributed by atoms with E-state index in [-0.39, 0.29) is 0 Å². The molecule has 20 heavy (non-hydrogen) atoms. The van der Waals surface area contributed by atoms with Gasteiger partial charge in [0.05, 0.1) is 0 Å². The Balaban J connectivity index is 2.27. The van der Waals surface area contributed by atoms with Crippen molar-refractivity contribution in [3.8, 4) is 5.75 Å². The molecule has 0 aromatic heterocycles. The van der Waals surface area contributed by atoms with Crippen molar-refractivity contribution in [2.75, 3.05) is 13.2 Å². The number of nitrogens with one attached hydrogen (secondary N) is 1. The lowest BCUT2D eigenvalue weighted by atomic mass is 10.0. The fourth-order valence-corrected chi connectivity index (χ4v) is 2.26. The van der Waals surface area contributed by atoms with Gasteiger partial charge in [0.15, 0.2) is 0 Å². The monoisotopic (exact) mass is 297 g/mol. The van der Waals surface area contributed by atoms with Crippen LogP contribution in [0.5, 0.6) is 5.75 Å². The van der Waals surface area contributed by atoms with E-state index in [2.05, 4.69) is 26.1 Å². The van der Waals surface area contributed by atoms with E-state index in [0.717, 1.165) is 34.4 Å². The Kier molecular flexibility index (Phi) is 7.39. The van der Waals surface area contributed by atoms with Gasteiger partial charge < -0.3 is 10.1 Å². The van der Waals surface area contributed by atoms with Crippen molar-refractivity contribution in [1.29, 1.82) is 0 Å². The number of aryl methyl sites for hydroxylation is 2. The molecule has 1 N–H and O–H groups in total. The Morgan fingerprint density at radius 3 is 2.25 bits per heavy atom. The van der Waals surface area contributed by atoms with Gasteiger partial charge in [0.25, 0.3) is 0 Å². The molecule has 0 aliphatic carbocycles. The third-order valence-electron chi connectivity index (χ3n) is 3.45. The Morgan fingerprint density at radius 1 is 1.10 bits per heavy atom. The van der Waals surface area contributed by atoms with Gasteiger partial charge in [-0.25, -0.2) is 0 Å². The van der Waals surface area contributed by atoms with Crippen molar-refractivity contribution in [3.63, 3.8) is 0 Å². The summed E-state index contributed by atoms with van der Waals surface area (Å²) in [6.07, 6.45) is 2.49. The number of halogens is 1. The first kappa shape index (κ1) is 17.3. The average Bonchev–Trinajstić information content (AvgIpc) is 2.38. The molecule has 3 heteroatoms. The topological polar surface area (TPSA) is 21.3 Å². The first-order valence-corrected chi connectivity index (χ1v) is 7.91. The highest BCUT2D eigenvalue weighted by Gasteiger charge is 2.05. The van der Waals surface area contributed by atoms with Gasteiger partial charge in [0, 0.05) is 17.6 Å². The first-order chi connectivity index (χ1) is 9.40. The minimum atomic E-state index is 0.551. The third kappa shape index (κ3) is 6.15. The zero-order valence-corrected chi connectivity index (χ0v) is 14.2. The maximum absolute atomic E-state index is 6.14. The van der Waals surface area contributed by atoms with E-state index < -0.39 is 0 Å². The Bertz CT molecular complexity index is 394. The quantitative estimate of drug-likeness (QED) is 0.699. The van der Waals surface area contributed by atoms with Crippen molar-refractivity contribution in [3.05, 3.63) is 28.3 Å². The molecule has 2 nitrogen and oxygen atoms in total. The molecule has 1 atom stereocenters. The summed E-state index contributed by atoms with van der Waals surface area (Å²) in [5.74, 6) is 1.68. The van der Waals surface area contributed by atoms with E-state index in [0.29, 0.717) is 12.6 Å². The molecule has 0 amide bonds. The molecule has 1 unspecified atom stereocenters. The van der Waals surface area contributed by atoms with Crippen LogP contribution in [0.15, 0.2) is 12.1 Å². The lowest BCUT2D eigenvalue weighted by Crippen LogP contribution is -2.30. The van der Waals surface area contributed by atoms with Crippen LogP contribution in [0.2, 0.25) is 5.02 Å². The van der Waals surface area contributed by atoms with Gasteiger partial charge in [-0.15, -0.1) is 0 Å². The maximum atomic E-state index is 6.14. The van der Waals surface area contributed by atoms with Crippen LogP contribution in [-0.2, 0) is 0 Å². The van der Waals surface area contributed by atoms with E-state index in [9.17, 15) is 0 Å². The molecule has 0 saturated heterocycles. The largest absolute Gasteiger partial charge is 0.492 e. The molecule has 1 aromatic carbocycles. The third-order valence-corrected chi connectivity index (χ3v) is 4.05. The summed E-state index contributed by atoms with van der Waals surface area (Å²) >= 11 is 6.14. The summed E-state index contributed by atoms with van der Waals surface area (Å²) in [5, 5.41) is 4.33. The SMILES string of the molecule is Cc1cc(OCCNC(C)CCC(C)C)cc(C)c1Cl. The minimum absolute atomic E-state index is 0.551. The molecule has 0 aliphatic rings. The Morgan fingerprint density at radius 2 is 1.70 bits per heavy atom. The van der Waals surface area contributed by atoms with Crippen LogP contribution in [0.4, 0.5) is 0 Å². The van der Waals surface area contributed by atoms with Crippen LogP contribution in [0, 0.1) is 19.8 Å². The molecule has 1 rings (SSSR count). The number of ether oxygens (including phenoxy) is 1. The van der Waals surface area contributed by atoms with Crippen molar-refractivity contribution in [2.24, 2.45) is 5.92 Å². The standard InChI is InChI=1S/C17H28ClNO/c1-12(2)6-7-15(5)19-8-9-20-16-10-13(3)17(18)14(4)11-16/h10-12,15,19H,6-9H2,1-5H3. The molecular formula is C17H28ClNO. The zero-order chi connectivity index (χ0) is 15.1. The van der Waals surface area contributed by atoms with Crippen LogP contribution < -0.4 is 10.1 Å². The van der Waals surface area contributed by atoms with Gasteiger partial charge in [-0.3, -0.25) is 0 Å². The van der Waals surface area contributed by atoms with Gasteiger partial charge >= 0.3 is 0 Å². The summed E-state index contributed by atoms with van der Waals surface area (Å²) in [4.78, 5) is 0. The second-order valence-corrected chi connectivity index (χ2v) is 6.42. The molecule has 0 spiro atoms. The summed E-state index contributed by atoms with van der Waals surface area (Å²) in [5.41, 5.74) is 2.14. The minimum Gasteiger partial charge on any atom is -0.492 e. The van der Waals surface area contributed by atoms with Crippen LogP contribution >= 0.6 is 11.6 Å². The number of benzene rings is 1. The highest BCUT2D eigenvalue weighted by atomic mass is 35.5. The lowest BCUT2D eigenvalue weighted by Gasteiger charge is -2.15. The summed E-state index contributed by atoms with van der Waals surface area (Å²) in [7, 11) is 0. The normalized spacial score (nSPS) is 12.8. The van der Waals surface area contributed by atoms with E-state index in [1.54, 1.807) is 0 Å². The first-order valence-electron chi connectivity index (χ1n) is 7.53. The molecule has 0 fully saturated rings. The van der Waals surface area contributed by atoms with Crippen LogP contribution in [0.1, 0.15) is 44.7 Å². The van der Waals surface area contributed by atoms with E-state index in [4.69, 9.17) is 16.3 Å². The van der Waals surface area contributed by atoms with Gasteiger partial charge in [0.2, 0.25) is 0 Å². The van der Waals surface area contributed by atoms with Crippen LogP contribution in [0.25, 0.3) is 0 Å². The van der Waals surface area contributed by atoms with Crippen molar-refractivity contribution < 1.29 is 4.74 Å². The van der Waals surface area contributed by atoms with E-state index >= 15 is 0 Å². The van der Waals surface area contributed by atoms with Gasteiger partial charge in [0.1, 0.15) is 12.4 Å². The predicted molar refractivity (Wildman–Crippen MR) is 88.0 cm³/mol. The molecule has 0 bridgehead atoms. The fourth-order valence-electron chi connectivity index (χ4n) is 2.15. The van der Waals surface area contributed by atoms with Crippen LogP contribution in [-0.4, -0.2) is 19.2 Å². The van der Waals surface area contributed by atoms with Crippen molar-refractivity contribution in [2.45, 2.75) is 53.5 Å². The summed E-state index contributed by atoms with van der Waals surface area (Å²) in [6.45, 7) is 12.3. The molecule has 0 radical (unpaired) electrons. The van der Waals surface area contributed by atoms with Gasteiger partial charge in [-0.05, 0) is 62.8 Å². The molecule has 114 valence electrons. The molecule has 0 heterocycles. The van der Waals surface area contributed by atoms with Crippen LogP contribution in [0.3, 0.4) is 0 Å². The molecule has 0 aliphatic heterocycles. The number of hydrogen-bond donors (Lipinski definition) is 1. The maximum Gasteiger partial charge on any atom is 0.119 e. The van der Waals surface area contributed by atoms with Gasteiger partial charge in [-0.2, -0.15) is 0 Å². The molecule has 0 saturated carbocycles. The highest BCUT2D eigenvalue weighted by molar-refractivity contribution is 6.32. The fraction of sp³-hybridized carbons (Fsp3) is 0.647. The number of rotatable bonds is 8. The summed E-state index contributed by atoms with van der Waals surface area (Å²) in [6, 6.07) is 4.55. The lowest BCUT2D eigenvalue weighted by molar-refractivity contribution is 0.302. The summed E-state index contributed by atoms with van der Waals surface area (Å²) < 4.78 is 5.78. The molecule has 1 aromatic rings. The Hall–Kier alpha value is -0.730. The van der Waals surface area contributed by atoms with E-state index in [1.807, 2.05) is 26.0 Å². The Labute approximate surface area is 128 Å². The second-order valence-electron chi connectivity index (χ2n) is 6.05. The highest BCUT2D eigenvalue weighted by Crippen LogP contribution is 2.25. The smallest absolute Gasteiger partial charge is 0.119 e. The second kappa shape index (κ2) is 8.53. The predicted octanol–water partition coefficient (Wildman–Crippen LogP) is 4.75. The zero-order valence-electron chi connectivity index (χ0n) is 13.4. The average molecular weight is 298 g/mol. The molecular weight excluding hydrogens is 270 g/mol. The van der Waals surface area contributed by atoms with Crippen molar-refractivity contribution >= 4 is 11.6 Å².